The van der Waals surface area contributed by atoms with E-state index in [-0.39, 0.29) is 19.5 Å². The number of rotatable bonds is 2. The zero-order chi connectivity index (χ0) is 8.43. The fourth-order valence-corrected chi connectivity index (χ4v) is 1.02. The highest BCUT2D eigenvalue weighted by Crippen LogP contribution is 2.13. The van der Waals surface area contributed by atoms with E-state index >= 15 is 0 Å². The van der Waals surface area contributed by atoms with Crippen LogP contribution in [-0.4, -0.2) is 41.1 Å². The Hall–Kier alpha value is -1.13. The van der Waals surface area contributed by atoms with Crippen molar-refractivity contribution >= 4 is 11.9 Å². The molecule has 1 aliphatic rings. The van der Waals surface area contributed by atoms with Gasteiger partial charge in [-0.25, -0.2) is 4.39 Å². The number of likely N-dealkylation sites (tertiary alicyclic amines) is 1. The van der Waals surface area contributed by atoms with Crippen LogP contribution in [0.25, 0.3) is 0 Å². The summed E-state index contributed by atoms with van der Waals surface area (Å²) in [6.07, 6.45) is -1.37. The van der Waals surface area contributed by atoms with Gasteiger partial charge in [-0.1, -0.05) is 0 Å². The number of halogens is 1. The van der Waals surface area contributed by atoms with Gasteiger partial charge in [0.25, 0.3) is 5.91 Å². The fourth-order valence-electron chi connectivity index (χ4n) is 1.02. The first-order chi connectivity index (χ1) is 5.11. The van der Waals surface area contributed by atoms with Gasteiger partial charge in [0.2, 0.25) is 0 Å². The highest BCUT2D eigenvalue weighted by Gasteiger charge is 2.32. The van der Waals surface area contributed by atoms with Crippen LogP contribution in [0.1, 0.15) is 6.42 Å². The summed E-state index contributed by atoms with van der Waals surface area (Å²) >= 11 is 0. The number of amides is 1. The second kappa shape index (κ2) is 2.86. The average molecular weight is 161 g/mol. The molecule has 0 aromatic carbocycles. The maximum atomic E-state index is 12.4. The highest BCUT2D eigenvalue weighted by atomic mass is 19.1. The lowest BCUT2D eigenvalue weighted by Crippen LogP contribution is -2.32. The summed E-state index contributed by atoms with van der Waals surface area (Å²) in [4.78, 5) is 21.8. The predicted octanol–water partition coefficient (Wildman–Crippen LogP) is -0.359. The van der Waals surface area contributed by atoms with Crippen molar-refractivity contribution in [3.63, 3.8) is 0 Å². The number of carbonyl (C=O) groups is 2. The number of hydrogen-bond donors (Lipinski definition) is 1. The molecular formula is C6H8FNO3. The Kier molecular flexibility index (Phi) is 2.07. The standard InChI is InChI=1S/C6H8FNO3/c7-4-1-2-8(6(4)11)3-5(9)10/h4H,1-3H2,(H,9,10)/t4-/m0/s1. The molecule has 1 atom stereocenters. The van der Waals surface area contributed by atoms with Crippen LogP contribution < -0.4 is 0 Å². The second-order valence-electron chi connectivity index (χ2n) is 2.41. The van der Waals surface area contributed by atoms with E-state index in [1.165, 1.54) is 0 Å². The lowest BCUT2D eigenvalue weighted by molar-refractivity contribution is -0.143. The third-order valence-electron chi connectivity index (χ3n) is 1.56. The van der Waals surface area contributed by atoms with E-state index in [9.17, 15) is 14.0 Å². The lowest BCUT2D eigenvalue weighted by Gasteiger charge is -2.10. The van der Waals surface area contributed by atoms with E-state index in [1.807, 2.05) is 0 Å². The minimum atomic E-state index is -1.49. The SMILES string of the molecule is O=C(O)CN1CC[C@H](F)C1=O. The van der Waals surface area contributed by atoms with Crippen molar-refractivity contribution in [3.05, 3.63) is 0 Å². The summed E-state index contributed by atoms with van der Waals surface area (Å²) in [6.45, 7) is -0.175. The number of carboxylic acid groups (broad SMARTS) is 1. The normalized spacial score (nSPS) is 24.3. The van der Waals surface area contributed by atoms with Crippen LogP contribution in [0.3, 0.4) is 0 Å². The molecule has 0 spiro atoms. The fraction of sp³-hybridized carbons (Fsp3) is 0.667. The molecule has 1 heterocycles. The van der Waals surface area contributed by atoms with Crippen molar-refractivity contribution in [1.82, 2.24) is 4.90 Å². The van der Waals surface area contributed by atoms with Crippen molar-refractivity contribution < 1.29 is 19.1 Å². The lowest BCUT2D eigenvalue weighted by atomic mass is 10.3. The number of alkyl halides is 1. The van der Waals surface area contributed by atoms with Crippen molar-refractivity contribution in [2.45, 2.75) is 12.6 Å². The van der Waals surface area contributed by atoms with Crippen molar-refractivity contribution in [2.24, 2.45) is 0 Å². The summed E-state index contributed by atoms with van der Waals surface area (Å²) in [7, 11) is 0. The van der Waals surface area contributed by atoms with Crippen molar-refractivity contribution in [3.8, 4) is 0 Å². The monoisotopic (exact) mass is 161 g/mol. The summed E-state index contributed by atoms with van der Waals surface area (Å²) in [5, 5.41) is 8.26. The first-order valence-corrected chi connectivity index (χ1v) is 3.26. The number of carbonyl (C=O) groups excluding carboxylic acids is 1. The minimum Gasteiger partial charge on any atom is -0.480 e. The molecule has 4 nitrogen and oxygen atoms in total. The maximum Gasteiger partial charge on any atom is 0.323 e. The third-order valence-corrected chi connectivity index (χ3v) is 1.56. The van der Waals surface area contributed by atoms with Crippen LogP contribution in [0.4, 0.5) is 4.39 Å². The Morgan fingerprint density at radius 1 is 1.82 bits per heavy atom. The molecule has 1 saturated heterocycles. The van der Waals surface area contributed by atoms with Gasteiger partial charge in [-0.2, -0.15) is 0 Å². The summed E-state index contributed by atoms with van der Waals surface area (Å²) in [6, 6.07) is 0. The predicted molar refractivity (Wildman–Crippen MR) is 33.7 cm³/mol. The maximum absolute atomic E-state index is 12.4. The molecule has 1 rings (SSSR count). The molecule has 11 heavy (non-hydrogen) atoms. The van der Waals surface area contributed by atoms with Gasteiger partial charge in [-0.3, -0.25) is 9.59 Å². The van der Waals surface area contributed by atoms with Crippen molar-refractivity contribution in [2.75, 3.05) is 13.1 Å². The number of carboxylic acids is 1. The molecule has 1 aliphatic heterocycles. The van der Waals surface area contributed by atoms with Crippen molar-refractivity contribution in [1.29, 1.82) is 0 Å². The van der Waals surface area contributed by atoms with Crippen LogP contribution in [0.2, 0.25) is 0 Å². The summed E-state index contributed by atoms with van der Waals surface area (Å²) in [5.41, 5.74) is 0. The Balaban J connectivity index is 2.49. The molecule has 0 aliphatic carbocycles. The van der Waals surface area contributed by atoms with Crippen LogP contribution in [0, 0.1) is 0 Å². The summed E-state index contributed by atoms with van der Waals surface area (Å²) in [5.74, 6) is -1.81. The minimum absolute atomic E-state index is 0.117. The Morgan fingerprint density at radius 3 is 2.82 bits per heavy atom. The first kappa shape index (κ1) is 7.97. The van der Waals surface area contributed by atoms with Crippen LogP contribution in [0.5, 0.6) is 0 Å². The number of nitrogens with zero attached hydrogens (tertiary/aromatic N) is 1. The molecule has 0 bridgehead atoms. The molecular weight excluding hydrogens is 153 g/mol. The van der Waals surface area contributed by atoms with E-state index in [1.54, 1.807) is 0 Å². The Morgan fingerprint density at radius 2 is 2.45 bits per heavy atom. The third kappa shape index (κ3) is 1.66. The molecule has 0 saturated carbocycles. The zero-order valence-corrected chi connectivity index (χ0v) is 5.79. The molecule has 0 radical (unpaired) electrons. The smallest absolute Gasteiger partial charge is 0.323 e. The molecule has 0 aromatic rings. The largest absolute Gasteiger partial charge is 0.480 e. The van der Waals surface area contributed by atoms with Crippen LogP contribution >= 0.6 is 0 Å². The Bertz CT molecular complexity index is 194. The van der Waals surface area contributed by atoms with Gasteiger partial charge in [0.15, 0.2) is 6.17 Å². The van der Waals surface area contributed by atoms with Gasteiger partial charge >= 0.3 is 5.97 Å². The van der Waals surface area contributed by atoms with Gasteiger partial charge < -0.3 is 10.0 Å². The zero-order valence-electron chi connectivity index (χ0n) is 5.79. The molecule has 5 heteroatoms. The second-order valence-corrected chi connectivity index (χ2v) is 2.41. The number of aliphatic carboxylic acids is 1. The van der Waals surface area contributed by atoms with Gasteiger partial charge in [0, 0.05) is 13.0 Å². The molecule has 62 valence electrons. The van der Waals surface area contributed by atoms with E-state index in [0.717, 1.165) is 4.90 Å². The molecule has 0 unspecified atom stereocenters. The van der Waals surface area contributed by atoms with E-state index in [2.05, 4.69) is 0 Å². The molecule has 0 aromatic heterocycles. The average Bonchev–Trinajstić information content (AvgIpc) is 2.18. The molecule has 1 fully saturated rings. The quantitative estimate of drug-likeness (QED) is 0.601. The topological polar surface area (TPSA) is 57.6 Å². The number of hydrogen-bond acceptors (Lipinski definition) is 2. The van der Waals surface area contributed by atoms with Gasteiger partial charge in [-0.05, 0) is 0 Å². The van der Waals surface area contributed by atoms with Gasteiger partial charge in [-0.15, -0.1) is 0 Å². The Labute approximate surface area is 62.6 Å². The molecule has 1 N–H and O–H groups in total. The molecule has 1 amide bonds. The van der Waals surface area contributed by atoms with Gasteiger partial charge in [0.05, 0.1) is 0 Å². The highest BCUT2D eigenvalue weighted by molar-refractivity contribution is 5.86. The van der Waals surface area contributed by atoms with E-state index in [4.69, 9.17) is 5.11 Å². The van der Waals surface area contributed by atoms with E-state index in [0.29, 0.717) is 0 Å². The van der Waals surface area contributed by atoms with Gasteiger partial charge in [0.1, 0.15) is 6.54 Å². The first-order valence-electron chi connectivity index (χ1n) is 3.26. The van der Waals surface area contributed by atoms with E-state index < -0.39 is 18.0 Å². The van der Waals surface area contributed by atoms with Crippen LogP contribution in [-0.2, 0) is 9.59 Å². The van der Waals surface area contributed by atoms with Crippen LogP contribution in [0.15, 0.2) is 0 Å². The summed E-state index contributed by atoms with van der Waals surface area (Å²) < 4.78 is 12.4.